The number of aliphatic hydroxyl groups excluding tert-OH is 1. The minimum atomic E-state index is -0.241. The van der Waals surface area contributed by atoms with Crippen LogP contribution < -0.4 is 10.5 Å². The fourth-order valence-electron chi connectivity index (χ4n) is 4.39. The summed E-state index contributed by atoms with van der Waals surface area (Å²) in [6, 6.07) is 1.74. The molecule has 5 unspecified atom stereocenters. The topological polar surface area (TPSA) is 69.2 Å². The summed E-state index contributed by atoms with van der Waals surface area (Å²) in [7, 11) is 0. The van der Waals surface area contributed by atoms with Crippen LogP contribution in [0.5, 0.6) is 0 Å². The van der Waals surface area contributed by atoms with E-state index in [9.17, 15) is 9.90 Å². The Morgan fingerprint density at radius 1 is 1.44 bits per heavy atom. The molecular formula is C13H17N3O2. The zero-order valence-corrected chi connectivity index (χ0v) is 10.3. The molecule has 96 valence electrons. The van der Waals surface area contributed by atoms with Crippen LogP contribution in [0.2, 0.25) is 0 Å². The molecule has 1 aliphatic heterocycles. The van der Waals surface area contributed by atoms with Crippen LogP contribution in [0.15, 0.2) is 10.9 Å². The van der Waals surface area contributed by atoms with Gasteiger partial charge in [-0.3, -0.25) is 4.79 Å². The monoisotopic (exact) mass is 247 g/mol. The first-order valence-corrected chi connectivity index (χ1v) is 6.66. The van der Waals surface area contributed by atoms with Crippen LogP contribution in [0.4, 0.5) is 5.82 Å². The van der Waals surface area contributed by atoms with E-state index in [-0.39, 0.29) is 17.7 Å². The van der Waals surface area contributed by atoms with E-state index in [1.54, 1.807) is 13.0 Å². The molecule has 1 aromatic heterocycles. The van der Waals surface area contributed by atoms with Crippen molar-refractivity contribution >= 4 is 5.82 Å². The Labute approximate surface area is 105 Å². The molecule has 4 rings (SSSR count). The molecule has 0 aromatic carbocycles. The minimum absolute atomic E-state index is 0.110. The third-order valence-corrected chi connectivity index (χ3v) is 4.99. The number of aryl methyl sites for hydroxylation is 1. The van der Waals surface area contributed by atoms with Crippen LogP contribution in [-0.4, -0.2) is 33.8 Å². The molecule has 0 radical (unpaired) electrons. The molecule has 2 heterocycles. The quantitative estimate of drug-likeness (QED) is 0.748. The highest BCUT2D eigenvalue weighted by Crippen LogP contribution is 2.55. The highest BCUT2D eigenvalue weighted by atomic mass is 16.3. The Bertz CT molecular complexity index is 553. The highest BCUT2D eigenvalue weighted by Gasteiger charge is 2.59. The van der Waals surface area contributed by atoms with Crippen molar-refractivity contribution in [2.45, 2.75) is 31.9 Å². The molecule has 2 N–H and O–H groups in total. The zero-order valence-electron chi connectivity index (χ0n) is 10.3. The molecular weight excluding hydrogens is 230 g/mol. The van der Waals surface area contributed by atoms with Crippen molar-refractivity contribution < 1.29 is 5.11 Å². The first kappa shape index (κ1) is 10.6. The van der Waals surface area contributed by atoms with E-state index in [0.717, 1.165) is 25.2 Å². The van der Waals surface area contributed by atoms with Gasteiger partial charge in [0.15, 0.2) is 0 Å². The van der Waals surface area contributed by atoms with Crippen molar-refractivity contribution in [2.24, 2.45) is 17.8 Å². The molecule has 3 fully saturated rings. The first-order valence-electron chi connectivity index (χ1n) is 6.66. The van der Waals surface area contributed by atoms with Crippen LogP contribution in [0.3, 0.4) is 0 Å². The Morgan fingerprint density at radius 2 is 2.28 bits per heavy atom. The van der Waals surface area contributed by atoms with Gasteiger partial charge in [-0.1, -0.05) is 0 Å². The number of hydrogen-bond acceptors (Lipinski definition) is 4. The summed E-state index contributed by atoms with van der Waals surface area (Å²) in [5.74, 6) is 3.13. The molecule has 1 saturated heterocycles. The maximum atomic E-state index is 11.5. The van der Waals surface area contributed by atoms with Gasteiger partial charge in [0, 0.05) is 12.6 Å². The van der Waals surface area contributed by atoms with Crippen molar-refractivity contribution in [3.63, 3.8) is 0 Å². The van der Waals surface area contributed by atoms with Crippen molar-refractivity contribution in [3.8, 4) is 0 Å². The van der Waals surface area contributed by atoms with Crippen LogP contribution in [0.25, 0.3) is 0 Å². The molecule has 5 atom stereocenters. The number of aliphatic hydroxyl groups is 1. The predicted octanol–water partition coefficient (Wildman–Crippen LogP) is 0.284. The summed E-state index contributed by atoms with van der Waals surface area (Å²) < 4.78 is 0. The van der Waals surface area contributed by atoms with E-state index in [2.05, 4.69) is 14.9 Å². The lowest BCUT2D eigenvalue weighted by molar-refractivity contribution is 0.0965. The van der Waals surface area contributed by atoms with Gasteiger partial charge >= 0.3 is 0 Å². The molecule has 0 amide bonds. The third-order valence-electron chi connectivity index (χ3n) is 4.99. The lowest BCUT2D eigenvalue weighted by Crippen LogP contribution is -2.41. The number of nitrogens with zero attached hydrogens (tertiary/aromatic N) is 2. The molecule has 2 aliphatic carbocycles. The van der Waals surface area contributed by atoms with Gasteiger partial charge in [-0.05, 0) is 37.5 Å². The van der Waals surface area contributed by atoms with Crippen LogP contribution >= 0.6 is 0 Å². The summed E-state index contributed by atoms with van der Waals surface area (Å²) in [5, 5.41) is 10.3. The Kier molecular flexibility index (Phi) is 1.96. The number of rotatable bonds is 1. The van der Waals surface area contributed by atoms with Crippen LogP contribution in [0.1, 0.15) is 18.7 Å². The van der Waals surface area contributed by atoms with Gasteiger partial charge in [0.05, 0.1) is 12.1 Å². The van der Waals surface area contributed by atoms with Crippen molar-refractivity contribution in [1.29, 1.82) is 0 Å². The summed E-state index contributed by atoms with van der Waals surface area (Å²) in [6.07, 6.45) is 2.05. The van der Waals surface area contributed by atoms with E-state index in [1.165, 1.54) is 0 Å². The number of nitrogens with one attached hydrogen (secondary N) is 1. The number of aromatic amines is 1. The summed E-state index contributed by atoms with van der Waals surface area (Å²) in [4.78, 5) is 20.8. The van der Waals surface area contributed by atoms with Gasteiger partial charge < -0.3 is 15.0 Å². The van der Waals surface area contributed by atoms with E-state index >= 15 is 0 Å². The van der Waals surface area contributed by atoms with Gasteiger partial charge in [0.25, 0.3) is 5.56 Å². The molecule has 3 aliphatic rings. The third kappa shape index (κ3) is 1.25. The SMILES string of the molecule is Cc1nc(N2CC3CC4CC3C2C4O)cc(=O)[nH]1. The Hall–Kier alpha value is -1.36. The Morgan fingerprint density at radius 3 is 3.00 bits per heavy atom. The first-order chi connectivity index (χ1) is 8.63. The van der Waals surface area contributed by atoms with Gasteiger partial charge in [-0.2, -0.15) is 0 Å². The maximum absolute atomic E-state index is 11.5. The highest BCUT2D eigenvalue weighted by molar-refractivity contribution is 5.44. The van der Waals surface area contributed by atoms with Gasteiger partial charge in [0.1, 0.15) is 11.6 Å². The van der Waals surface area contributed by atoms with E-state index in [1.807, 2.05) is 0 Å². The van der Waals surface area contributed by atoms with Gasteiger partial charge in [0.2, 0.25) is 0 Å². The van der Waals surface area contributed by atoms with Crippen LogP contribution in [0, 0.1) is 24.7 Å². The average Bonchev–Trinajstić information content (AvgIpc) is 2.87. The minimum Gasteiger partial charge on any atom is -0.391 e. The average molecular weight is 247 g/mol. The number of anilines is 1. The summed E-state index contributed by atoms with van der Waals surface area (Å²) in [5.41, 5.74) is -0.110. The van der Waals surface area contributed by atoms with E-state index < -0.39 is 0 Å². The van der Waals surface area contributed by atoms with E-state index in [0.29, 0.717) is 23.6 Å². The molecule has 1 aromatic rings. The number of aromatic nitrogens is 2. The molecule has 18 heavy (non-hydrogen) atoms. The largest absolute Gasteiger partial charge is 0.391 e. The number of H-pyrrole nitrogens is 1. The number of fused-ring (bicyclic) bond motifs is 1. The Balaban J connectivity index is 1.76. The fraction of sp³-hybridized carbons (Fsp3) is 0.692. The second-order valence-corrected chi connectivity index (χ2v) is 5.98. The molecule has 0 spiro atoms. The van der Waals surface area contributed by atoms with Crippen molar-refractivity contribution in [1.82, 2.24) is 9.97 Å². The fourth-order valence-corrected chi connectivity index (χ4v) is 4.39. The zero-order chi connectivity index (χ0) is 12.4. The normalized spacial score (nSPS) is 40.8. The summed E-state index contributed by atoms with van der Waals surface area (Å²) in [6.45, 7) is 2.74. The number of hydrogen-bond donors (Lipinski definition) is 2. The summed E-state index contributed by atoms with van der Waals surface area (Å²) >= 11 is 0. The second kappa shape index (κ2) is 3.35. The molecule has 2 saturated carbocycles. The smallest absolute Gasteiger partial charge is 0.252 e. The van der Waals surface area contributed by atoms with E-state index in [4.69, 9.17) is 0 Å². The standard InChI is InChI=1S/C13H17N3O2/c1-6-14-10(4-11(17)15-6)16-5-8-2-7-3-9(8)12(16)13(7)18/h4,7-9,12-13,18H,2-3,5H2,1H3,(H,14,15,17). The molecule has 2 bridgehead atoms. The van der Waals surface area contributed by atoms with Crippen molar-refractivity contribution in [2.75, 3.05) is 11.4 Å². The maximum Gasteiger partial charge on any atom is 0.252 e. The molecule has 5 heteroatoms. The van der Waals surface area contributed by atoms with Crippen LogP contribution in [-0.2, 0) is 0 Å². The lowest BCUT2D eigenvalue weighted by Gasteiger charge is -2.29. The van der Waals surface area contributed by atoms with Gasteiger partial charge in [-0.15, -0.1) is 0 Å². The van der Waals surface area contributed by atoms with Gasteiger partial charge in [-0.25, -0.2) is 4.98 Å². The molecule has 5 nitrogen and oxygen atoms in total. The van der Waals surface area contributed by atoms with Crippen molar-refractivity contribution in [3.05, 3.63) is 22.2 Å². The predicted molar refractivity (Wildman–Crippen MR) is 66.4 cm³/mol. The lowest BCUT2D eigenvalue weighted by atomic mass is 9.88. The second-order valence-electron chi connectivity index (χ2n) is 5.98.